The molecule has 0 bridgehead atoms. The first-order chi connectivity index (χ1) is 11.8. The van der Waals surface area contributed by atoms with Crippen molar-refractivity contribution in [2.45, 2.75) is 24.4 Å². The van der Waals surface area contributed by atoms with Gasteiger partial charge in [-0.25, -0.2) is 4.98 Å². The quantitative estimate of drug-likeness (QED) is 0.486. The lowest BCUT2D eigenvalue weighted by Gasteiger charge is -2.03. The van der Waals surface area contributed by atoms with E-state index in [2.05, 4.69) is 33.8 Å². The van der Waals surface area contributed by atoms with Crippen LogP contribution in [0.5, 0.6) is 0 Å². The van der Waals surface area contributed by atoms with Crippen molar-refractivity contribution in [3.8, 4) is 0 Å². The first kappa shape index (κ1) is 15.4. The lowest BCUT2D eigenvalue weighted by atomic mass is 10.2. The smallest absolute Gasteiger partial charge is 0.211 e. The molecule has 0 aliphatic carbocycles. The standard InChI is InChI=1S/C18H15ClN4S/c1-2-23-15-6-4-3-5-14(15)16-17(23)20-18(22-21-16)24-11-12-7-9-13(19)10-8-12/h3-10H,2,11H2,1H3. The summed E-state index contributed by atoms with van der Waals surface area (Å²) in [5, 5.41) is 11.3. The highest BCUT2D eigenvalue weighted by Gasteiger charge is 2.13. The van der Waals surface area contributed by atoms with E-state index in [1.54, 1.807) is 11.8 Å². The molecule has 4 rings (SSSR count). The van der Waals surface area contributed by atoms with Crippen LogP contribution in [-0.2, 0) is 12.3 Å². The molecule has 0 fully saturated rings. The van der Waals surface area contributed by atoms with Gasteiger partial charge in [0.05, 0.1) is 5.52 Å². The van der Waals surface area contributed by atoms with Gasteiger partial charge in [-0.1, -0.05) is 53.7 Å². The summed E-state index contributed by atoms with van der Waals surface area (Å²) in [6, 6.07) is 16.1. The van der Waals surface area contributed by atoms with Crippen LogP contribution in [-0.4, -0.2) is 19.7 Å². The molecule has 4 aromatic rings. The van der Waals surface area contributed by atoms with Crippen LogP contribution in [0.1, 0.15) is 12.5 Å². The Bertz CT molecular complexity index is 1010. The molecule has 2 aromatic heterocycles. The van der Waals surface area contributed by atoms with Gasteiger partial charge in [-0.3, -0.25) is 0 Å². The average Bonchev–Trinajstić information content (AvgIpc) is 2.94. The van der Waals surface area contributed by atoms with Gasteiger partial charge in [-0.2, -0.15) is 0 Å². The molecule has 0 amide bonds. The molecule has 4 nitrogen and oxygen atoms in total. The Hall–Kier alpha value is -2.11. The van der Waals surface area contributed by atoms with Crippen molar-refractivity contribution in [1.82, 2.24) is 19.7 Å². The Morgan fingerprint density at radius 3 is 2.62 bits per heavy atom. The zero-order valence-corrected chi connectivity index (χ0v) is 14.7. The molecule has 24 heavy (non-hydrogen) atoms. The molecule has 0 radical (unpaired) electrons. The van der Waals surface area contributed by atoms with E-state index in [-0.39, 0.29) is 0 Å². The van der Waals surface area contributed by atoms with Crippen molar-refractivity contribution in [3.05, 3.63) is 59.1 Å². The van der Waals surface area contributed by atoms with E-state index in [1.165, 1.54) is 5.56 Å². The molecule has 0 saturated heterocycles. The van der Waals surface area contributed by atoms with Crippen LogP contribution in [0, 0.1) is 0 Å². The third kappa shape index (κ3) is 2.74. The Balaban J connectivity index is 1.70. The Labute approximate surface area is 148 Å². The number of benzene rings is 2. The summed E-state index contributed by atoms with van der Waals surface area (Å²) in [6.07, 6.45) is 0. The van der Waals surface area contributed by atoms with Gasteiger partial charge in [0.1, 0.15) is 5.52 Å². The highest BCUT2D eigenvalue weighted by molar-refractivity contribution is 7.98. The van der Waals surface area contributed by atoms with Gasteiger partial charge in [-0.15, -0.1) is 10.2 Å². The zero-order chi connectivity index (χ0) is 16.5. The molecule has 0 N–H and O–H groups in total. The summed E-state index contributed by atoms with van der Waals surface area (Å²) in [5.41, 5.74) is 4.09. The number of hydrogen-bond donors (Lipinski definition) is 0. The van der Waals surface area contributed by atoms with E-state index in [1.807, 2.05) is 36.4 Å². The summed E-state index contributed by atoms with van der Waals surface area (Å²) < 4.78 is 2.19. The molecule has 120 valence electrons. The second kappa shape index (κ2) is 6.42. The van der Waals surface area contributed by atoms with Gasteiger partial charge in [0, 0.05) is 22.7 Å². The third-order valence-corrected chi connectivity index (χ3v) is 5.11. The van der Waals surface area contributed by atoms with Crippen molar-refractivity contribution >= 4 is 45.4 Å². The van der Waals surface area contributed by atoms with Crippen LogP contribution in [0.4, 0.5) is 0 Å². The maximum atomic E-state index is 5.92. The van der Waals surface area contributed by atoms with Crippen molar-refractivity contribution in [1.29, 1.82) is 0 Å². The van der Waals surface area contributed by atoms with E-state index >= 15 is 0 Å². The minimum atomic E-state index is 0.690. The maximum absolute atomic E-state index is 5.92. The van der Waals surface area contributed by atoms with Crippen molar-refractivity contribution < 1.29 is 0 Å². The topological polar surface area (TPSA) is 43.6 Å². The number of thioether (sulfide) groups is 1. The van der Waals surface area contributed by atoms with Gasteiger partial charge < -0.3 is 4.57 Å². The van der Waals surface area contributed by atoms with Gasteiger partial charge in [-0.05, 0) is 30.7 Å². The van der Waals surface area contributed by atoms with Crippen LogP contribution in [0.3, 0.4) is 0 Å². The third-order valence-electron chi connectivity index (χ3n) is 3.95. The fourth-order valence-corrected chi connectivity index (χ4v) is 3.66. The molecule has 2 heterocycles. The second-order valence-electron chi connectivity index (χ2n) is 5.44. The minimum absolute atomic E-state index is 0.690. The molecule has 6 heteroatoms. The van der Waals surface area contributed by atoms with Gasteiger partial charge in [0.25, 0.3) is 0 Å². The first-order valence-corrected chi connectivity index (χ1v) is 9.11. The second-order valence-corrected chi connectivity index (χ2v) is 6.82. The number of fused-ring (bicyclic) bond motifs is 3. The maximum Gasteiger partial charge on any atom is 0.211 e. The average molecular weight is 355 g/mol. The summed E-state index contributed by atoms with van der Waals surface area (Å²) in [5.74, 6) is 0.788. The van der Waals surface area contributed by atoms with E-state index in [9.17, 15) is 0 Å². The summed E-state index contributed by atoms with van der Waals surface area (Å²) >= 11 is 7.50. The number of aryl methyl sites for hydroxylation is 1. The zero-order valence-electron chi connectivity index (χ0n) is 13.1. The predicted octanol–water partition coefficient (Wildman–Crippen LogP) is 4.95. The van der Waals surface area contributed by atoms with Gasteiger partial charge in [0.15, 0.2) is 5.65 Å². The minimum Gasteiger partial charge on any atom is -0.324 e. The molecule has 0 saturated carbocycles. The van der Waals surface area contributed by atoms with Crippen molar-refractivity contribution in [3.63, 3.8) is 0 Å². The Morgan fingerprint density at radius 2 is 1.83 bits per heavy atom. The van der Waals surface area contributed by atoms with Crippen LogP contribution in [0.2, 0.25) is 5.02 Å². The molecule has 2 aromatic carbocycles. The van der Waals surface area contributed by atoms with Crippen LogP contribution in [0.15, 0.2) is 53.7 Å². The molecule has 0 aliphatic heterocycles. The van der Waals surface area contributed by atoms with E-state index in [0.717, 1.165) is 39.4 Å². The van der Waals surface area contributed by atoms with Crippen molar-refractivity contribution in [2.24, 2.45) is 0 Å². The SMILES string of the molecule is CCn1c2ccccc2c2nnc(SCc3ccc(Cl)cc3)nc21. The molecule has 0 atom stereocenters. The van der Waals surface area contributed by atoms with Crippen LogP contribution in [0.25, 0.3) is 22.1 Å². The summed E-state index contributed by atoms with van der Waals surface area (Å²) in [6.45, 7) is 2.97. The van der Waals surface area contributed by atoms with E-state index < -0.39 is 0 Å². The molecular formula is C18H15ClN4S. The lowest BCUT2D eigenvalue weighted by molar-refractivity contribution is 0.789. The lowest BCUT2D eigenvalue weighted by Crippen LogP contribution is -1.98. The number of aromatic nitrogens is 4. The van der Waals surface area contributed by atoms with Gasteiger partial charge in [0.2, 0.25) is 5.16 Å². The fraction of sp³-hybridized carbons (Fsp3) is 0.167. The predicted molar refractivity (Wildman–Crippen MR) is 99.5 cm³/mol. The number of rotatable bonds is 4. The van der Waals surface area contributed by atoms with Crippen LogP contribution < -0.4 is 0 Å². The number of nitrogens with zero attached hydrogens (tertiary/aromatic N) is 4. The normalized spacial score (nSPS) is 11.4. The van der Waals surface area contributed by atoms with Crippen LogP contribution >= 0.6 is 23.4 Å². The number of halogens is 1. The van der Waals surface area contributed by atoms with E-state index in [4.69, 9.17) is 16.6 Å². The molecular weight excluding hydrogens is 340 g/mol. The first-order valence-electron chi connectivity index (χ1n) is 7.75. The largest absolute Gasteiger partial charge is 0.324 e. The van der Waals surface area contributed by atoms with Crippen molar-refractivity contribution in [2.75, 3.05) is 0 Å². The molecule has 0 spiro atoms. The van der Waals surface area contributed by atoms with E-state index in [0.29, 0.717) is 5.16 Å². The summed E-state index contributed by atoms with van der Waals surface area (Å²) in [4.78, 5) is 4.74. The Morgan fingerprint density at radius 1 is 1.04 bits per heavy atom. The van der Waals surface area contributed by atoms with Gasteiger partial charge >= 0.3 is 0 Å². The Kier molecular flexibility index (Phi) is 4.12. The molecule has 0 unspecified atom stereocenters. The number of para-hydroxylation sites is 1. The highest BCUT2D eigenvalue weighted by atomic mass is 35.5. The number of hydrogen-bond acceptors (Lipinski definition) is 4. The molecule has 0 aliphatic rings. The fourth-order valence-electron chi connectivity index (χ4n) is 2.80. The monoisotopic (exact) mass is 354 g/mol. The summed E-state index contributed by atoms with van der Waals surface area (Å²) in [7, 11) is 0. The highest BCUT2D eigenvalue weighted by Crippen LogP contribution is 2.27.